The summed E-state index contributed by atoms with van der Waals surface area (Å²) in [6, 6.07) is 19.0. The van der Waals surface area contributed by atoms with E-state index in [1.54, 1.807) is 11.3 Å². The minimum absolute atomic E-state index is 0.504. The van der Waals surface area contributed by atoms with Gasteiger partial charge in [-0.15, -0.1) is 11.3 Å². The van der Waals surface area contributed by atoms with Gasteiger partial charge in [-0.3, -0.25) is 0 Å². The zero-order valence-corrected chi connectivity index (χ0v) is 14.8. The summed E-state index contributed by atoms with van der Waals surface area (Å²) < 4.78 is 2.15. The minimum atomic E-state index is 0.504. The van der Waals surface area contributed by atoms with Crippen LogP contribution in [-0.4, -0.2) is 9.55 Å². The Morgan fingerprint density at radius 2 is 1.92 bits per heavy atom. The molecule has 0 fully saturated rings. The first-order valence-electron chi connectivity index (χ1n) is 8.24. The van der Waals surface area contributed by atoms with Gasteiger partial charge in [0.05, 0.1) is 18.2 Å². The third-order valence-corrected chi connectivity index (χ3v) is 5.22. The van der Waals surface area contributed by atoms with Crippen LogP contribution in [0.2, 0.25) is 0 Å². The first kappa shape index (κ1) is 15.6. The monoisotopic (exact) mass is 343 g/mol. The highest BCUT2D eigenvalue weighted by molar-refractivity contribution is 7.13. The number of hydrogen-bond donors (Lipinski definition) is 0. The van der Waals surface area contributed by atoms with Crippen molar-refractivity contribution in [3.05, 3.63) is 65.7 Å². The van der Waals surface area contributed by atoms with Crippen LogP contribution in [0.25, 0.3) is 32.7 Å². The van der Waals surface area contributed by atoms with E-state index in [-0.39, 0.29) is 0 Å². The van der Waals surface area contributed by atoms with Gasteiger partial charge < -0.3 is 4.57 Å². The van der Waals surface area contributed by atoms with Crippen LogP contribution in [0.5, 0.6) is 0 Å². The summed E-state index contributed by atoms with van der Waals surface area (Å²) in [7, 11) is 0. The SMILES string of the molecule is Cc1ccc(-c2nc(-c3cn(CCC#N)c4ccccc34)cs2)cc1. The molecule has 4 aromatic rings. The van der Waals surface area contributed by atoms with Crippen LogP contribution < -0.4 is 0 Å². The van der Waals surface area contributed by atoms with Crippen molar-refractivity contribution in [2.24, 2.45) is 0 Å². The number of aryl methyl sites for hydroxylation is 2. The van der Waals surface area contributed by atoms with Crippen molar-refractivity contribution in [1.82, 2.24) is 9.55 Å². The molecule has 0 radical (unpaired) electrons. The predicted molar refractivity (Wildman–Crippen MR) is 103 cm³/mol. The van der Waals surface area contributed by atoms with Crippen LogP contribution in [0.3, 0.4) is 0 Å². The Morgan fingerprint density at radius 3 is 2.72 bits per heavy atom. The fraction of sp³-hybridized carbons (Fsp3) is 0.143. The summed E-state index contributed by atoms with van der Waals surface area (Å²) in [5.74, 6) is 0. The maximum Gasteiger partial charge on any atom is 0.124 e. The summed E-state index contributed by atoms with van der Waals surface area (Å²) >= 11 is 1.67. The van der Waals surface area contributed by atoms with Crippen LogP contribution in [0, 0.1) is 18.3 Å². The quantitative estimate of drug-likeness (QED) is 0.480. The molecule has 0 atom stereocenters. The van der Waals surface area contributed by atoms with E-state index in [0.717, 1.165) is 27.3 Å². The Morgan fingerprint density at radius 1 is 1.12 bits per heavy atom. The van der Waals surface area contributed by atoms with E-state index >= 15 is 0 Å². The highest BCUT2D eigenvalue weighted by atomic mass is 32.1. The second-order valence-electron chi connectivity index (χ2n) is 6.07. The number of fused-ring (bicyclic) bond motifs is 1. The molecule has 0 saturated carbocycles. The molecule has 2 heterocycles. The van der Waals surface area contributed by atoms with Gasteiger partial charge >= 0.3 is 0 Å². The van der Waals surface area contributed by atoms with Gasteiger partial charge in [0.25, 0.3) is 0 Å². The molecule has 0 aliphatic rings. The highest BCUT2D eigenvalue weighted by Gasteiger charge is 2.13. The third-order valence-electron chi connectivity index (χ3n) is 4.33. The summed E-state index contributed by atoms with van der Waals surface area (Å²) in [5.41, 5.74) is 5.67. The van der Waals surface area contributed by atoms with Gasteiger partial charge in [-0.25, -0.2) is 4.98 Å². The predicted octanol–water partition coefficient (Wildman–Crippen LogP) is 5.65. The van der Waals surface area contributed by atoms with Gasteiger partial charge in [-0.2, -0.15) is 5.26 Å². The van der Waals surface area contributed by atoms with Gasteiger partial charge in [-0.1, -0.05) is 48.0 Å². The zero-order valence-electron chi connectivity index (χ0n) is 13.9. The molecule has 0 bridgehead atoms. The van der Waals surface area contributed by atoms with Crippen LogP contribution in [-0.2, 0) is 6.54 Å². The number of aromatic nitrogens is 2. The molecule has 0 aliphatic heterocycles. The molecule has 0 unspecified atom stereocenters. The maximum atomic E-state index is 8.90. The molecule has 25 heavy (non-hydrogen) atoms. The molecule has 0 aliphatic carbocycles. The van der Waals surface area contributed by atoms with Crippen LogP contribution in [0.4, 0.5) is 0 Å². The highest BCUT2D eigenvalue weighted by Crippen LogP contribution is 2.34. The summed E-state index contributed by atoms with van der Waals surface area (Å²) in [5, 5.41) is 13.2. The fourth-order valence-corrected chi connectivity index (χ4v) is 3.86. The van der Waals surface area contributed by atoms with E-state index < -0.39 is 0 Å². The molecule has 0 amide bonds. The molecular formula is C21H17N3S. The molecule has 2 aromatic carbocycles. The number of para-hydroxylation sites is 1. The normalized spacial score (nSPS) is 10.9. The molecule has 2 aromatic heterocycles. The lowest BCUT2D eigenvalue weighted by atomic mass is 10.1. The average Bonchev–Trinajstić information content (AvgIpc) is 3.25. The van der Waals surface area contributed by atoms with E-state index in [1.807, 2.05) is 12.1 Å². The summed E-state index contributed by atoms with van der Waals surface area (Å²) in [4.78, 5) is 4.86. The smallest absolute Gasteiger partial charge is 0.124 e. The number of nitriles is 1. The van der Waals surface area contributed by atoms with E-state index in [0.29, 0.717) is 13.0 Å². The van der Waals surface area contributed by atoms with Gasteiger partial charge in [-0.05, 0) is 13.0 Å². The second-order valence-corrected chi connectivity index (χ2v) is 6.92. The molecule has 3 nitrogen and oxygen atoms in total. The van der Waals surface area contributed by atoms with Crippen LogP contribution >= 0.6 is 11.3 Å². The van der Waals surface area contributed by atoms with Crippen molar-refractivity contribution in [3.63, 3.8) is 0 Å². The number of benzene rings is 2. The van der Waals surface area contributed by atoms with Gasteiger partial charge in [0, 0.05) is 40.2 Å². The van der Waals surface area contributed by atoms with Gasteiger partial charge in [0.1, 0.15) is 5.01 Å². The van der Waals surface area contributed by atoms with Crippen molar-refractivity contribution in [2.45, 2.75) is 19.9 Å². The summed E-state index contributed by atoms with van der Waals surface area (Å²) in [6.45, 7) is 2.79. The van der Waals surface area contributed by atoms with Crippen molar-refractivity contribution < 1.29 is 0 Å². The molecule has 0 N–H and O–H groups in total. The molecule has 4 heteroatoms. The lowest BCUT2D eigenvalue weighted by molar-refractivity contribution is 0.745. The molecule has 122 valence electrons. The van der Waals surface area contributed by atoms with Crippen molar-refractivity contribution in [2.75, 3.05) is 0 Å². The standard InChI is InChI=1S/C21H17N3S/c1-15-7-9-16(10-8-15)21-23-19(14-25-21)18-13-24(12-4-11-22)20-6-3-2-5-17(18)20/h2-3,5-10,13-14H,4,12H2,1H3. The Kier molecular flexibility index (Phi) is 4.09. The number of thiazole rings is 1. The maximum absolute atomic E-state index is 8.90. The zero-order chi connectivity index (χ0) is 17.2. The topological polar surface area (TPSA) is 41.6 Å². The van der Waals surface area contributed by atoms with Crippen LogP contribution in [0.1, 0.15) is 12.0 Å². The van der Waals surface area contributed by atoms with Crippen molar-refractivity contribution in [3.8, 4) is 27.9 Å². The third kappa shape index (κ3) is 2.95. The Labute approximate surface area is 150 Å². The van der Waals surface area contributed by atoms with Gasteiger partial charge in [0.15, 0.2) is 0 Å². The lowest BCUT2D eigenvalue weighted by Crippen LogP contribution is -1.94. The average molecular weight is 343 g/mol. The first-order valence-corrected chi connectivity index (χ1v) is 9.12. The largest absolute Gasteiger partial charge is 0.346 e. The van der Waals surface area contributed by atoms with Crippen LogP contribution in [0.15, 0.2) is 60.1 Å². The molecule has 0 spiro atoms. The fourth-order valence-electron chi connectivity index (χ4n) is 3.03. The van der Waals surface area contributed by atoms with Gasteiger partial charge in [0.2, 0.25) is 0 Å². The Bertz CT molecular complexity index is 1060. The number of nitrogens with zero attached hydrogens (tertiary/aromatic N) is 3. The Balaban J connectivity index is 1.77. The second kappa shape index (κ2) is 6.54. The minimum Gasteiger partial charge on any atom is -0.346 e. The van der Waals surface area contributed by atoms with E-state index in [9.17, 15) is 0 Å². The molecular weight excluding hydrogens is 326 g/mol. The van der Waals surface area contributed by atoms with E-state index in [4.69, 9.17) is 10.2 Å². The first-order chi connectivity index (χ1) is 12.3. The van der Waals surface area contributed by atoms with E-state index in [2.05, 4.69) is 65.5 Å². The Hall–Kier alpha value is -2.90. The van der Waals surface area contributed by atoms with Crippen molar-refractivity contribution >= 4 is 22.2 Å². The number of hydrogen-bond acceptors (Lipinski definition) is 3. The van der Waals surface area contributed by atoms with E-state index in [1.165, 1.54) is 10.9 Å². The van der Waals surface area contributed by atoms with Crippen molar-refractivity contribution in [1.29, 1.82) is 5.26 Å². The summed E-state index contributed by atoms with van der Waals surface area (Å²) in [6.07, 6.45) is 2.62. The lowest BCUT2D eigenvalue weighted by Gasteiger charge is -2.00. The molecule has 4 rings (SSSR count). The number of rotatable bonds is 4. The molecule has 0 saturated heterocycles.